The highest BCUT2D eigenvalue weighted by Crippen LogP contribution is 2.39. The summed E-state index contributed by atoms with van der Waals surface area (Å²) in [5.41, 5.74) is 2.04. The molecule has 1 aliphatic rings. The first kappa shape index (κ1) is 13.2. The first-order valence-corrected chi connectivity index (χ1v) is 7.74. The van der Waals surface area contributed by atoms with Gasteiger partial charge in [0.2, 0.25) is 0 Å². The van der Waals surface area contributed by atoms with Crippen molar-refractivity contribution in [3.63, 3.8) is 0 Å². The van der Waals surface area contributed by atoms with Crippen molar-refractivity contribution < 1.29 is 9.90 Å². The summed E-state index contributed by atoms with van der Waals surface area (Å²) >= 11 is 1.54. The Hall–Kier alpha value is -1.75. The van der Waals surface area contributed by atoms with Crippen LogP contribution in [0.25, 0.3) is 5.69 Å². The van der Waals surface area contributed by atoms with Crippen LogP contribution in [0.3, 0.4) is 0 Å². The van der Waals surface area contributed by atoms with E-state index < -0.39 is 5.97 Å². The van der Waals surface area contributed by atoms with Crippen LogP contribution in [-0.4, -0.2) is 26.6 Å². The van der Waals surface area contributed by atoms with Gasteiger partial charge < -0.3 is 5.11 Å². The number of benzene rings is 1. The molecule has 104 valence electrons. The highest BCUT2D eigenvalue weighted by Gasteiger charge is 2.26. The third-order valence-corrected chi connectivity index (χ3v) is 4.31. The normalized spacial score (nSPS) is 14.4. The molecule has 3 rings (SSSR count). The molecule has 4 nitrogen and oxygen atoms in total. The van der Waals surface area contributed by atoms with E-state index in [1.54, 1.807) is 16.4 Å². The molecule has 0 radical (unpaired) electrons. The van der Waals surface area contributed by atoms with Crippen LogP contribution in [0.2, 0.25) is 0 Å². The zero-order valence-electron chi connectivity index (χ0n) is 11.2. The first-order chi connectivity index (χ1) is 9.70. The van der Waals surface area contributed by atoms with E-state index in [4.69, 9.17) is 0 Å². The maximum atomic E-state index is 11.6. The van der Waals surface area contributed by atoms with Gasteiger partial charge >= 0.3 is 5.97 Å². The van der Waals surface area contributed by atoms with Gasteiger partial charge in [0.25, 0.3) is 0 Å². The number of carboxylic acids is 1. The van der Waals surface area contributed by atoms with E-state index in [0.717, 1.165) is 16.3 Å². The number of rotatable bonds is 5. The van der Waals surface area contributed by atoms with Gasteiger partial charge in [-0.25, -0.2) is 9.48 Å². The molecule has 0 bridgehead atoms. The van der Waals surface area contributed by atoms with E-state index >= 15 is 0 Å². The quantitative estimate of drug-likeness (QED) is 0.855. The van der Waals surface area contributed by atoms with Crippen LogP contribution >= 0.6 is 11.8 Å². The first-order valence-electron chi connectivity index (χ1n) is 6.75. The van der Waals surface area contributed by atoms with Crippen molar-refractivity contribution in [1.29, 1.82) is 0 Å². The second kappa shape index (κ2) is 5.32. The standard InChI is InChI=1S/C15H16N2O2S/c1-2-20-13-5-3-4-12(14(13)15(18)19)17-9-8-11(16-17)10-6-7-10/h3-5,8-10H,2,6-7H2,1H3,(H,18,19). The van der Waals surface area contributed by atoms with E-state index in [1.165, 1.54) is 12.8 Å². The number of hydrogen-bond acceptors (Lipinski definition) is 3. The van der Waals surface area contributed by atoms with Crippen molar-refractivity contribution in [3.8, 4) is 5.69 Å². The highest BCUT2D eigenvalue weighted by molar-refractivity contribution is 7.99. The Morgan fingerprint density at radius 2 is 2.25 bits per heavy atom. The molecule has 1 N–H and O–H groups in total. The molecular weight excluding hydrogens is 272 g/mol. The van der Waals surface area contributed by atoms with Gasteiger partial charge in [0.1, 0.15) is 0 Å². The molecule has 1 aliphatic carbocycles. The molecule has 5 heteroatoms. The minimum atomic E-state index is -0.903. The van der Waals surface area contributed by atoms with E-state index in [2.05, 4.69) is 5.10 Å². The largest absolute Gasteiger partial charge is 0.478 e. The summed E-state index contributed by atoms with van der Waals surface area (Å²) in [6.07, 6.45) is 4.23. The predicted octanol–water partition coefficient (Wildman–Crippen LogP) is 3.56. The molecule has 0 unspecified atom stereocenters. The number of aromatic carboxylic acids is 1. The van der Waals surface area contributed by atoms with Crippen LogP contribution in [0.5, 0.6) is 0 Å². The Morgan fingerprint density at radius 3 is 2.90 bits per heavy atom. The van der Waals surface area contributed by atoms with Gasteiger partial charge in [-0.3, -0.25) is 0 Å². The van der Waals surface area contributed by atoms with Crippen LogP contribution < -0.4 is 0 Å². The summed E-state index contributed by atoms with van der Waals surface area (Å²) in [6, 6.07) is 7.54. The zero-order chi connectivity index (χ0) is 14.1. The lowest BCUT2D eigenvalue weighted by Crippen LogP contribution is -2.08. The lowest BCUT2D eigenvalue weighted by Gasteiger charge is -2.10. The minimum absolute atomic E-state index is 0.338. The predicted molar refractivity (Wildman–Crippen MR) is 78.9 cm³/mol. The van der Waals surface area contributed by atoms with Crippen LogP contribution in [-0.2, 0) is 0 Å². The second-order valence-corrected chi connectivity index (χ2v) is 6.15. The highest BCUT2D eigenvalue weighted by atomic mass is 32.2. The molecule has 1 fully saturated rings. The summed E-state index contributed by atoms with van der Waals surface area (Å²) in [5, 5.41) is 14.0. The van der Waals surface area contributed by atoms with Gasteiger partial charge in [0.15, 0.2) is 0 Å². The third-order valence-electron chi connectivity index (χ3n) is 3.37. The molecule has 1 saturated carbocycles. The van der Waals surface area contributed by atoms with Gasteiger partial charge in [-0.15, -0.1) is 11.8 Å². The van der Waals surface area contributed by atoms with Gasteiger partial charge in [-0.1, -0.05) is 13.0 Å². The van der Waals surface area contributed by atoms with Crippen LogP contribution in [0.4, 0.5) is 0 Å². The smallest absolute Gasteiger partial charge is 0.339 e. The van der Waals surface area contributed by atoms with Gasteiger partial charge in [-0.2, -0.15) is 5.10 Å². The number of carbonyl (C=O) groups is 1. The molecule has 1 aromatic heterocycles. The zero-order valence-corrected chi connectivity index (χ0v) is 12.1. The average molecular weight is 288 g/mol. The number of nitrogens with zero attached hydrogens (tertiary/aromatic N) is 2. The maximum absolute atomic E-state index is 11.6. The number of carboxylic acid groups (broad SMARTS) is 1. The second-order valence-electron chi connectivity index (χ2n) is 4.85. The maximum Gasteiger partial charge on any atom is 0.339 e. The molecule has 1 heterocycles. The van der Waals surface area contributed by atoms with Crippen LogP contribution in [0.15, 0.2) is 35.4 Å². The third kappa shape index (κ3) is 2.45. The lowest BCUT2D eigenvalue weighted by atomic mass is 10.2. The molecule has 20 heavy (non-hydrogen) atoms. The van der Waals surface area contributed by atoms with Crippen molar-refractivity contribution in [2.24, 2.45) is 0 Å². The van der Waals surface area contributed by atoms with Gasteiger partial charge in [0.05, 0.1) is 16.9 Å². The van der Waals surface area contributed by atoms with Crippen molar-refractivity contribution in [2.75, 3.05) is 5.75 Å². The lowest BCUT2D eigenvalue weighted by molar-refractivity contribution is 0.0693. The molecule has 1 aromatic carbocycles. The Balaban J connectivity index is 2.06. The Kier molecular flexibility index (Phi) is 3.53. The van der Waals surface area contributed by atoms with Crippen LogP contribution in [0.1, 0.15) is 41.7 Å². The minimum Gasteiger partial charge on any atom is -0.478 e. The number of aromatic nitrogens is 2. The summed E-state index contributed by atoms with van der Waals surface area (Å²) in [7, 11) is 0. The van der Waals surface area contributed by atoms with E-state index in [-0.39, 0.29) is 0 Å². The van der Waals surface area contributed by atoms with Crippen molar-refractivity contribution >= 4 is 17.7 Å². The van der Waals surface area contributed by atoms with Crippen molar-refractivity contribution in [1.82, 2.24) is 9.78 Å². The SMILES string of the molecule is CCSc1cccc(-n2ccc(C3CC3)n2)c1C(=O)O. The molecule has 0 atom stereocenters. The Bertz CT molecular complexity index is 647. The number of hydrogen-bond donors (Lipinski definition) is 1. The van der Waals surface area contributed by atoms with E-state index in [0.29, 0.717) is 17.2 Å². The van der Waals surface area contributed by atoms with E-state index in [9.17, 15) is 9.90 Å². The van der Waals surface area contributed by atoms with Crippen LogP contribution in [0, 0.1) is 0 Å². The fraction of sp³-hybridized carbons (Fsp3) is 0.333. The molecular formula is C15H16N2O2S. The summed E-state index contributed by atoms with van der Waals surface area (Å²) in [4.78, 5) is 12.4. The Morgan fingerprint density at radius 1 is 1.45 bits per heavy atom. The molecule has 0 amide bonds. The van der Waals surface area contributed by atoms with Crippen molar-refractivity contribution in [2.45, 2.75) is 30.6 Å². The molecule has 0 spiro atoms. The Labute approximate surface area is 121 Å². The average Bonchev–Trinajstić information content (AvgIpc) is 3.16. The van der Waals surface area contributed by atoms with Crippen molar-refractivity contribution in [3.05, 3.63) is 41.7 Å². The van der Waals surface area contributed by atoms with Gasteiger partial charge in [-0.05, 0) is 36.8 Å². The fourth-order valence-corrected chi connectivity index (χ4v) is 3.09. The summed E-state index contributed by atoms with van der Waals surface area (Å²) in [6.45, 7) is 2.02. The number of thioether (sulfide) groups is 1. The molecule has 2 aromatic rings. The monoisotopic (exact) mass is 288 g/mol. The summed E-state index contributed by atoms with van der Waals surface area (Å²) in [5.74, 6) is 0.508. The fourth-order valence-electron chi connectivity index (χ4n) is 2.27. The molecule has 0 saturated heterocycles. The van der Waals surface area contributed by atoms with E-state index in [1.807, 2.05) is 37.4 Å². The van der Waals surface area contributed by atoms with Gasteiger partial charge in [0, 0.05) is 17.0 Å². The topological polar surface area (TPSA) is 55.1 Å². The summed E-state index contributed by atoms with van der Waals surface area (Å²) < 4.78 is 1.69. The molecule has 0 aliphatic heterocycles.